The molecule has 130 valence electrons. The standard InChI is InChI=1S/C21H29NO2/c1-15-10-17-14-22(9-6-16(17)11-19(15)20(23)24-2)18-12-21(13-18)7-4-3-5-8-21/h10-11,18H,3-9,12-14H2,1-2H3. The molecular formula is C21H29NO2. The van der Waals surface area contributed by atoms with Gasteiger partial charge in [0, 0.05) is 19.1 Å². The molecule has 1 heterocycles. The molecule has 24 heavy (non-hydrogen) atoms. The summed E-state index contributed by atoms with van der Waals surface area (Å²) in [6, 6.07) is 5.07. The number of rotatable bonds is 2. The van der Waals surface area contributed by atoms with E-state index in [4.69, 9.17) is 4.74 Å². The predicted molar refractivity (Wildman–Crippen MR) is 95.2 cm³/mol. The summed E-state index contributed by atoms with van der Waals surface area (Å²) < 4.78 is 4.91. The van der Waals surface area contributed by atoms with Gasteiger partial charge in [0.05, 0.1) is 12.7 Å². The van der Waals surface area contributed by atoms with Gasteiger partial charge in [-0.05, 0) is 67.2 Å². The summed E-state index contributed by atoms with van der Waals surface area (Å²) in [6.07, 6.45) is 11.2. The summed E-state index contributed by atoms with van der Waals surface area (Å²) in [4.78, 5) is 14.6. The number of benzene rings is 1. The maximum Gasteiger partial charge on any atom is 0.338 e. The molecule has 0 aromatic heterocycles. The van der Waals surface area contributed by atoms with Gasteiger partial charge in [0.25, 0.3) is 0 Å². The lowest BCUT2D eigenvalue weighted by Crippen LogP contribution is -2.52. The van der Waals surface area contributed by atoms with Gasteiger partial charge in [0.1, 0.15) is 0 Å². The largest absolute Gasteiger partial charge is 0.465 e. The molecule has 2 saturated carbocycles. The number of nitrogens with zero attached hydrogens (tertiary/aromatic N) is 1. The second-order valence-corrected chi connectivity index (χ2v) is 8.27. The summed E-state index contributed by atoms with van der Waals surface area (Å²) in [5.41, 5.74) is 5.22. The van der Waals surface area contributed by atoms with Crippen LogP contribution in [0.5, 0.6) is 0 Å². The monoisotopic (exact) mass is 327 g/mol. The first kappa shape index (κ1) is 16.1. The van der Waals surface area contributed by atoms with E-state index in [1.807, 2.05) is 6.92 Å². The van der Waals surface area contributed by atoms with Crippen LogP contribution in [-0.4, -0.2) is 30.6 Å². The van der Waals surface area contributed by atoms with Crippen LogP contribution in [0.3, 0.4) is 0 Å². The summed E-state index contributed by atoms with van der Waals surface area (Å²) in [6.45, 7) is 4.21. The number of hydrogen-bond donors (Lipinski definition) is 0. The number of ether oxygens (including phenoxy) is 1. The van der Waals surface area contributed by atoms with Crippen LogP contribution >= 0.6 is 0 Å². The molecule has 1 aliphatic heterocycles. The highest BCUT2D eigenvalue weighted by molar-refractivity contribution is 5.91. The zero-order chi connectivity index (χ0) is 16.7. The molecule has 0 bridgehead atoms. The fourth-order valence-electron chi connectivity index (χ4n) is 5.30. The van der Waals surface area contributed by atoms with Crippen molar-refractivity contribution in [2.45, 2.75) is 70.9 Å². The molecule has 0 radical (unpaired) electrons. The summed E-state index contributed by atoms with van der Waals surface area (Å²) in [5.74, 6) is -0.212. The van der Waals surface area contributed by atoms with Crippen LogP contribution in [0.1, 0.15) is 72.0 Å². The van der Waals surface area contributed by atoms with E-state index in [2.05, 4.69) is 17.0 Å². The van der Waals surface area contributed by atoms with Crippen LogP contribution in [0.15, 0.2) is 12.1 Å². The van der Waals surface area contributed by atoms with Gasteiger partial charge >= 0.3 is 5.97 Å². The van der Waals surface area contributed by atoms with Crippen LogP contribution < -0.4 is 0 Å². The molecule has 0 amide bonds. The van der Waals surface area contributed by atoms with E-state index in [0.717, 1.165) is 36.7 Å². The van der Waals surface area contributed by atoms with Crippen molar-refractivity contribution < 1.29 is 9.53 Å². The first-order valence-electron chi connectivity index (χ1n) is 9.55. The molecule has 3 heteroatoms. The molecule has 0 atom stereocenters. The summed E-state index contributed by atoms with van der Waals surface area (Å²) >= 11 is 0. The van der Waals surface area contributed by atoms with Crippen molar-refractivity contribution >= 4 is 5.97 Å². The average molecular weight is 327 g/mol. The van der Waals surface area contributed by atoms with Gasteiger partial charge in [-0.1, -0.05) is 25.3 Å². The quantitative estimate of drug-likeness (QED) is 0.761. The Morgan fingerprint density at radius 1 is 1.17 bits per heavy atom. The molecule has 1 aromatic rings. The maximum atomic E-state index is 11.9. The van der Waals surface area contributed by atoms with E-state index < -0.39 is 0 Å². The highest BCUT2D eigenvalue weighted by atomic mass is 16.5. The van der Waals surface area contributed by atoms with Crippen LogP contribution in [0.2, 0.25) is 0 Å². The number of hydrogen-bond acceptors (Lipinski definition) is 3. The molecular weight excluding hydrogens is 298 g/mol. The Hall–Kier alpha value is -1.35. The Labute approximate surface area is 145 Å². The fraction of sp³-hybridized carbons (Fsp3) is 0.667. The first-order chi connectivity index (χ1) is 11.6. The van der Waals surface area contributed by atoms with Crippen molar-refractivity contribution in [3.05, 3.63) is 34.4 Å². The molecule has 3 nitrogen and oxygen atoms in total. The summed E-state index contributed by atoms with van der Waals surface area (Å²) in [5, 5.41) is 0. The highest BCUT2D eigenvalue weighted by Crippen LogP contribution is 2.53. The van der Waals surface area contributed by atoms with Crippen molar-refractivity contribution in [1.29, 1.82) is 0 Å². The minimum Gasteiger partial charge on any atom is -0.465 e. The normalized spacial score (nSPS) is 23.6. The van der Waals surface area contributed by atoms with Crippen molar-refractivity contribution in [3.63, 3.8) is 0 Å². The van der Waals surface area contributed by atoms with Crippen LogP contribution in [0.4, 0.5) is 0 Å². The Balaban J connectivity index is 1.45. The van der Waals surface area contributed by atoms with Crippen molar-refractivity contribution in [2.75, 3.05) is 13.7 Å². The van der Waals surface area contributed by atoms with Gasteiger partial charge in [0.15, 0.2) is 0 Å². The zero-order valence-electron chi connectivity index (χ0n) is 15.1. The second kappa shape index (κ2) is 6.18. The smallest absolute Gasteiger partial charge is 0.338 e. The second-order valence-electron chi connectivity index (χ2n) is 8.27. The third kappa shape index (κ3) is 2.77. The lowest BCUT2D eigenvalue weighted by molar-refractivity contribution is -0.0307. The van der Waals surface area contributed by atoms with Crippen LogP contribution in [-0.2, 0) is 17.7 Å². The SMILES string of the molecule is COC(=O)c1cc2c(cc1C)CN(C1CC3(CCCCC3)C1)CC2. The van der Waals surface area contributed by atoms with E-state index in [9.17, 15) is 4.79 Å². The molecule has 0 saturated heterocycles. The number of methoxy groups -OCH3 is 1. The Morgan fingerprint density at radius 3 is 2.62 bits per heavy atom. The van der Waals surface area contributed by atoms with Gasteiger partial charge in [-0.25, -0.2) is 4.79 Å². The van der Waals surface area contributed by atoms with E-state index in [-0.39, 0.29) is 5.97 Å². The van der Waals surface area contributed by atoms with Gasteiger partial charge in [-0.15, -0.1) is 0 Å². The number of esters is 1. The van der Waals surface area contributed by atoms with E-state index >= 15 is 0 Å². The first-order valence-corrected chi connectivity index (χ1v) is 9.55. The number of carbonyl (C=O) groups excluding carboxylic acids is 1. The fourth-order valence-corrected chi connectivity index (χ4v) is 5.30. The lowest BCUT2D eigenvalue weighted by atomic mass is 9.58. The van der Waals surface area contributed by atoms with Gasteiger partial charge in [-0.3, -0.25) is 4.90 Å². The van der Waals surface area contributed by atoms with Crippen molar-refractivity contribution in [2.24, 2.45) is 5.41 Å². The molecule has 0 unspecified atom stereocenters. The zero-order valence-corrected chi connectivity index (χ0v) is 15.1. The molecule has 3 aliphatic rings. The van der Waals surface area contributed by atoms with E-state index in [0.29, 0.717) is 5.41 Å². The minimum absolute atomic E-state index is 0.212. The van der Waals surface area contributed by atoms with Gasteiger partial charge in [-0.2, -0.15) is 0 Å². The van der Waals surface area contributed by atoms with Gasteiger partial charge < -0.3 is 4.74 Å². The topological polar surface area (TPSA) is 29.5 Å². The van der Waals surface area contributed by atoms with Gasteiger partial charge in [0.2, 0.25) is 0 Å². The Kier molecular flexibility index (Phi) is 4.16. The Bertz CT molecular complexity index is 637. The maximum absolute atomic E-state index is 11.9. The number of carbonyl (C=O) groups is 1. The highest BCUT2D eigenvalue weighted by Gasteiger charge is 2.46. The third-order valence-corrected chi connectivity index (χ3v) is 6.76. The van der Waals surface area contributed by atoms with E-state index in [1.54, 1.807) is 0 Å². The predicted octanol–water partition coefficient (Wildman–Crippen LogP) is 4.25. The van der Waals surface area contributed by atoms with Crippen molar-refractivity contribution in [1.82, 2.24) is 4.90 Å². The average Bonchev–Trinajstić information content (AvgIpc) is 2.58. The molecule has 2 aliphatic carbocycles. The Morgan fingerprint density at radius 2 is 1.92 bits per heavy atom. The summed E-state index contributed by atoms with van der Waals surface area (Å²) in [7, 11) is 1.46. The van der Waals surface area contributed by atoms with E-state index in [1.165, 1.54) is 63.2 Å². The molecule has 0 N–H and O–H groups in total. The molecule has 1 aromatic carbocycles. The lowest BCUT2D eigenvalue weighted by Gasteiger charge is -2.54. The number of fused-ring (bicyclic) bond motifs is 1. The molecule has 1 spiro atoms. The van der Waals surface area contributed by atoms with Crippen LogP contribution in [0, 0.1) is 12.3 Å². The minimum atomic E-state index is -0.212. The molecule has 4 rings (SSSR count). The van der Waals surface area contributed by atoms with Crippen molar-refractivity contribution in [3.8, 4) is 0 Å². The number of aryl methyl sites for hydroxylation is 1. The third-order valence-electron chi connectivity index (χ3n) is 6.76. The van der Waals surface area contributed by atoms with Crippen LogP contribution in [0.25, 0.3) is 0 Å². The molecule has 2 fully saturated rings.